The number of anilines is 1. The predicted molar refractivity (Wildman–Crippen MR) is 162 cm³/mol. The van der Waals surface area contributed by atoms with Gasteiger partial charge in [0, 0.05) is 32.3 Å². The van der Waals surface area contributed by atoms with E-state index >= 15 is 0 Å². The number of carbonyl (C=O) groups excluding carboxylic acids is 2. The van der Waals surface area contributed by atoms with E-state index in [1.165, 1.54) is 18.7 Å². The lowest BCUT2D eigenvalue weighted by Gasteiger charge is -2.34. The van der Waals surface area contributed by atoms with Crippen molar-refractivity contribution in [1.29, 1.82) is 10.5 Å². The molecular formula is C31H40N6O4S. The first-order chi connectivity index (χ1) is 20.2. The summed E-state index contributed by atoms with van der Waals surface area (Å²) < 4.78 is 11.2. The van der Waals surface area contributed by atoms with E-state index in [4.69, 9.17) is 20.2 Å². The van der Waals surface area contributed by atoms with Gasteiger partial charge in [0.25, 0.3) is 0 Å². The van der Waals surface area contributed by atoms with Crippen molar-refractivity contribution >= 4 is 29.5 Å². The molecule has 0 aliphatic carbocycles. The summed E-state index contributed by atoms with van der Waals surface area (Å²) in [6, 6.07) is 11.9. The summed E-state index contributed by atoms with van der Waals surface area (Å²) in [6.07, 6.45) is 2.03. The number of nitrogens with zero attached hydrogens (tertiary/aromatic N) is 4. The molecule has 11 heteroatoms. The van der Waals surface area contributed by atoms with Crippen LogP contribution in [-0.2, 0) is 37.8 Å². The van der Waals surface area contributed by atoms with E-state index in [1.807, 2.05) is 45.0 Å². The number of amides is 1. The van der Waals surface area contributed by atoms with Crippen molar-refractivity contribution in [1.82, 2.24) is 10.3 Å². The molecule has 1 aliphatic rings. The Morgan fingerprint density at radius 2 is 1.76 bits per heavy atom. The minimum Gasteiger partial charge on any atom is -0.462 e. The third-order valence-corrected chi connectivity index (χ3v) is 8.23. The van der Waals surface area contributed by atoms with Gasteiger partial charge in [-0.2, -0.15) is 10.5 Å². The van der Waals surface area contributed by atoms with Gasteiger partial charge in [0.2, 0.25) is 5.91 Å². The number of nitrogens with two attached hydrogens (primary N) is 1. The number of esters is 1. The van der Waals surface area contributed by atoms with Gasteiger partial charge >= 0.3 is 5.97 Å². The number of benzene rings is 1. The summed E-state index contributed by atoms with van der Waals surface area (Å²) in [4.78, 5) is 30.1. The maximum absolute atomic E-state index is 11.9. The van der Waals surface area contributed by atoms with Gasteiger partial charge in [-0.25, -0.2) is 4.98 Å². The second-order valence-corrected chi connectivity index (χ2v) is 11.5. The number of ether oxygens (including phenoxy) is 2. The Morgan fingerprint density at radius 1 is 1.12 bits per heavy atom. The molecule has 3 rings (SSSR count). The summed E-state index contributed by atoms with van der Waals surface area (Å²) in [7, 11) is 0. The van der Waals surface area contributed by atoms with Crippen molar-refractivity contribution in [2.75, 3.05) is 31.2 Å². The fraction of sp³-hybridized carbons (Fsp3) is 0.516. The number of nitrogens with one attached hydrogen (secondary N) is 1. The molecule has 0 radical (unpaired) electrons. The van der Waals surface area contributed by atoms with E-state index in [-0.39, 0.29) is 24.5 Å². The van der Waals surface area contributed by atoms with Crippen LogP contribution in [0.15, 0.2) is 29.3 Å². The monoisotopic (exact) mass is 592 g/mol. The lowest BCUT2D eigenvalue weighted by atomic mass is 10.0. The molecule has 3 N–H and O–H groups in total. The number of rotatable bonds is 13. The van der Waals surface area contributed by atoms with Crippen molar-refractivity contribution in [3.63, 3.8) is 0 Å². The zero-order chi connectivity index (χ0) is 30.6. The molecule has 1 amide bonds. The van der Waals surface area contributed by atoms with Crippen molar-refractivity contribution in [3.05, 3.63) is 52.1 Å². The molecule has 1 aliphatic heterocycles. The number of pyridine rings is 1. The third-order valence-electron chi connectivity index (χ3n) is 7.18. The summed E-state index contributed by atoms with van der Waals surface area (Å²) in [6.45, 7) is 9.43. The minimum absolute atomic E-state index is 0.00995. The van der Waals surface area contributed by atoms with Crippen molar-refractivity contribution in [2.24, 2.45) is 11.7 Å². The Kier molecular flexibility index (Phi) is 12.6. The van der Waals surface area contributed by atoms with Crippen LogP contribution in [0, 0.1) is 28.6 Å². The molecule has 2 aromatic rings. The van der Waals surface area contributed by atoms with Gasteiger partial charge in [0.15, 0.2) is 0 Å². The highest BCUT2D eigenvalue weighted by molar-refractivity contribution is 7.98. The normalized spacial score (nSPS) is 14.2. The maximum atomic E-state index is 11.9. The topological polar surface area (TPSA) is 154 Å². The van der Waals surface area contributed by atoms with Gasteiger partial charge < -0.3 is 25.4 Å². The molecule has 42 heavy (non-hydrogen) atoms. The van der Waals surface area contributed by atoms with Crippen molar-refractivity contribution < 1.29 is 19.1 Å². The molecular weight excluding hydrogens is 552 g/mol. The lowest BCUT2D eigenvalue weighted by molar-refractivity contribution is -0.148. The number of carbonyl (C=O) groups is 2. The first kappa shape index (κ1) is 32.9. The molecule has 0 spiro atoms. The van der Waals surface area contributed by atoms with Gasteiger partial charge in [-0.1, -0.05) is 45.0 Å². The fourth-order valence-corrected chi connectivity index (χ4v) is 5.57. The van der Waals surface area contributed by atoms with Gasteiger partial charge in [0.05, 0.1) is 23.8 Å². The molecule has 1 aromatic carbocycles. The summed E-state index contributed by atoms with van der Waals surface area (Å²) in [5.41, 5.74) is 9.52. The van der Waals surface area contributed by atoms with Crippen LogP contribution in [-0.4, -0.2) is 55.3 Å². The molecule has 1 fully saturated rings. The molecule has 0 saturated carbocycles. The average Bonchev–Trinajstić information content (AvgIpc) is 3.00. The number of piperidine rings is 1. The Bertz CT molecular complexity index is 1310. The second kappa shape index (κ2) is 16.1. The fourth-order valence-electron chi connectivity index (χ4n) is 4.61. The number of nitriles is 2. The third kappa shape index (κ3) is 8.93. The maximum Gasteiger partial charge on any atom is 0.323 e. The van der Waals surface area contributed by atoms with E-state index < -0.39 is 12.0 Å². The zero-order valence-electron chi connectivity index (χ0n) is 24.8. The van der Waals surface area contributed by atoms with E-state index in [9.17, 15) is 20.1 Å². The number of thioether (sulfide) groups is 1. The van der Waals surface area contributed by atoms with Crippen LogP contribution >= 0.6 is 11.8 Å². The van der Waals surface area contributed by atoms with Gasteiger partial charge in [-0.05, 0) is 41.9 Å². The molecule has 1 saturated heterocycles. The van der Waals surface area contributed by atoms with Gasteiger partial charge in [0.1, 0.15) is 35.6 Å². The highest BCUT2D eigenvalue weighted by Crippen LogP contribution is 2.34. The van der Waals surface area contributed by atoms with E-state index in [2.05, 4.69) is 22.4 Å². The van der Waals surface area contributed by atoms with Gasteiger partial charge in [-0.15, -0.1) is 11.8 Å². The lowest BCUT2D eigenvalue weighted by Crippen LogP contribution is -2.39. The average molecular weight is 593 g/mol. The van der Waals surface area contributed by atoms with Crippen LogP contribution in [0.2, 0.25) is 0 Å². The van der Waals surface area contributed by atoms with Crippen LogP contribution in [0.1, 0.15) is 68.4 Å². The molecule has 1 aromatic heterocycles. The number of hydrogen-bond acceptors (Lipinski definition) is 10. The Hall–Kier alpha value is -3.64. The van der Waals surface area contributed by atoms with Crippen LogP contribution in [0.5, 0.6) is 0 Å². The zero-order valence-corrected chi connectivity index (χ0v) is 25.6. The van der Waals surface area contributed by atoms with E-state index in [1.54, 1.807) is 0 Å². The standard InChI is InChI=1S/C31H40N6O4S/c1-5-25-26(16-32)29(37-12-10-24(11-13-37)40-14-15-41-31(39)28(34)20(2)3)36-30(27(25)17-33)42-19-23-8-6-22(7-9-23)18-35-21(4)38/h6-9,20,24,28H,5,10-15,18-19,34H2,1-4H3,(H,35,38)/t28-/m0/s1. The summed E-state index contributed by atoms with van der Waals surface area (Å²) in [5.74, 6) is 0.738. The first-order valence-corrected chi connectivity index (χ1v) is 15.3. The molecule has 0 unspecified atom stereocenters. The SMILES string of the molecule is CCc1c(C#N)c(SCc2ccc(CNC(C)=O)cc2)nc(N2CCC(OCCOC(=O)[C@@H](N)C(C)C)CC2)c1C#N. The first-order valence-electron chi connectivity index (χ1n) is 14.3. The molecule has 2 heterocycles. The highest BCUT2D eigenvalue weighted by atomic mass is 32.2. The number of hydrogen-bond donors (Lipinski definition) is 2. The van der Waals surface area contributed by atoms with E-state index in [0.717, 1.165) is 29.5 Å². The largest absolute Gasteiger partial charge is 0.462 e. The molecule has 224 valence electrons. The second-order valence-electron chi connectivity index (χ2n) is 10.6. The highest BCUT2D eigenvalue weighted by Gasteiger charge is 2.27. The number of aromatic nitrogens is 1. The quantitative estimate of drug-likeness (QED) is 0.199. The van der Waals surface area contributed by atoms with Crippen LogP contribution in [0.4, 0.5) is 5.82 Å². The summed E-state index contributed by atoms with van der Waals surface area (Å²) >= 11 is 1.48. The Morgan fingerprint density at radius 3 is 2.33 bits per heavy atom. The predicted octanol–water partition coefficient (Wildman–Crippen LogP) is 3.83. The Balaban J connectivity index is 1.65. The van der Waals surface area contributed by atoms with Gasteiger partial charge in [-0.3, -0.25) is 9.59 Å². The minimum atomic E-state index is -0.639. The van der Waals surface area contributed by atoms with Crippen molar-refractivity contribution in [3.8, 4) is 12.1 Å². The molecule has 1 atom stereocenters. The van der Waals surface area contributed by atoms with Crippen LogP contribution < -0.4 is 16.0 Å². The summed E-state index contributed by atoms with van der Waals surface area (Å²) in [5, 5.41) is 23.5. The molecule has 0 bridgehead atoms. The van der Waals surface area contributed by atoms with Crippen LogP contribution in [0.25, 0.3) is 0 Å². The van der Waals surface area contributed by atoms with Crippen LogP contribution in [0.3, 0.4) is 0 Å². The Labute approximate surface area is 252 Å². The molecule has 10 nitrogen and oxygen atoms in total. The van der Waals surface area contributed by atoms with E-state index in [0.29, 0.717) is 60.4 Å². The van der Waals surface area contributed by atoms with Crippen molar-refractivity contribution in [2.45, 2.75) is 76.4 Å². The smallest absolute Gasteiger partial charge is 0.323 e.